The minimum Gasteiger partial charge on any atom is -0.507 e. The van der Waals surface area contributed by atoms with Gasteiger partial charge in [0.15, 0.2) is 0 Å². The Balaban J connectivity index is 1.77. The van der Waals surface area contributed by atoms with E-state index in [9.17, 15) is 14.7 Å². The van der Waals surface area contributed by atoms with Crippen molar-refractivity contribution in [3.8, 4) is 5.75 Å². The monoisotopic (exact) mass is 478 g/mol. The van der Waals surface area contributed by atoms with Gasteiger partial charge >= 0.3 is 0 Å². The minimum absolute atomic E-state index is 0.0337. The number of ketones is 1. The summed E-state index contributed by atoms with van der Waals surface area (Å²) in [6, 6.07) is 14.2. The molecule has 1 unspecified atom stereocenters. The van der Waals surface area contributed by atoms with Gasteiger partial charge in [-0.15, -0.1) is 0 Å². The average molecular weight is 479 g/mol. The molecule has 186 valence electrons. The summed E-state index contributed by atoms with van der Waals surface area (Å²) in [5.74, 6) is -1.06. The Labute approximate surface area is 206 Å². The lowest BCUT2D eigenvalue weighted by Gasteiger charge is -2.31. The number of carbonyl (C=O) groups excluding carboxylic acids is 2. The molecule has 2 aliphatic heterocycles. The summed E-state index contributed by atoms with van der Waals surface area (Å²) >= 11 is 0. The van der Waals surface area contributed by atoms with Crippen LogP contribution in [0.25, 0.3) is 5.76 Å². The summed E-state index contributed by atoms with van der Waals surface area (Å²) in [6.07, 6.45) is 0. The van der Waals surface area contributed by atoms with E-state index >= 15 is 0 Å². The van der Waals surface area contributed by atoms with E-state index < -0.39 is 17.7 Å². The zero-order chi connectivity index (χ0) is 25.2. The fourth-order valence-corrected chi connectivity index (χ4v) is 4.68. The van der Waals surface area contributed by atoms with E-state index in [4.69, 9.17) is 9.47 Å². The highest BCUT2D eigenvalue weighted by molar-refractivity contribution is 6.46. The molecule has 0 radical (unpaired) electrons. The SMILES string of the molecule is COc1ccccc1/C(O)=C1\C(=O)C(=O)N(CCN2CCOCC2)C1c1ccc(C(C)(C)C)cc1. The third-order valence-corrected chi connectivity index (χ3v) is 6.76. The van der Waals surface area contributed by atoms with Gasteiger partial charge in [0, 0.05) is 26.2 Å². The van der Waals surface area contributed by atoms with Gasteiger partial charge in [-0.3, -0.25) is 14.5 Å². The quantitative estimate of drug-likeness (QED) is 0.387. The number of aliphatic hydroxyl groups excluding tert-OH is 1. The van der Waals surface area contributed by atoms with Crippen LogP contribution in [0.15, 0.2) is 54.1 Å². The number of carbonyl (C=O) groups is 2. The third kappa shape index (κ3) is 5.11. The van der Waals surface area contributed by atoms with Crippen molar-refractivity contribution in [2.45, 2.75) is 32.2 Å². The molecule has 1 N–H and O–H groups in total. The number of nitrogens with zero attached hydrogens (tertiary/aromatic N) is 2. The first-order valence-corrected chi connectivity index (χ1v) is 12.0. The number of morpholine rings is 1. The van der Waals surface area contributed by atoms with E-state index in [0.717, 1.165) is 24.2 Å². The van der Waals surface area contributed by atoms with Crippen LogP contribution in [0.2, 0.25) is 0 Å². The van der Waals surface area contributed by atoms with Gasteiger partial charge in [-0.2, -0.15) is 0 Å². The third-order valence-electron chi connectivity index (χ3n) is 6.76. The second-order valence-electron chi connectivity index (χ2n) is 10.0. The number of methoxy groups -OCH3 is 1. The van der Waals surface area contributed by atoms with Crippen LogP contribution in [-0.2, 0) is 19.7 Å². The number of hydrogen-bond acceptors (Lipinski definition) is 6. The second kappa shape index (κ2) is 10.2. The van der Waals surface area contributed by atoms with E-state index in [-0.39, 0.29) is 16.7 Å². The van der Waals surface area contributed by atoms with E-state index in [0.29, 0.717) is 37.6 Å². The Morgan fingerprint density at radius 2 is 1.69 bits per heavy atom. The van der Waals surface area contributed by atoms with Crippen molar-refractivity contribution in [2.24, 2.45) is 0 Å². The van der Waals surface area contributed by atoms with Gasteiger partial charge in [0.2, 0.25) is 0 Å². The van der Waals surface area contributed by atoms with Crippen molar-refractivity contribution in [1.82, 2.24) is 9.80 Å². The average Bonchev–Trinajstić information content (AvgIpc) is 3.12. The normalized spacial score (nSPS) is 20.9. The Kier molecular flexibility index (Phi) is 7.28. The second-order valence-corrected chi connectivity index (χ2v) is 10.0. The molecular formula is C28H34N2O5. The molecule has 0 aromatic heterocycles. The summed E-state index contributed by atoms with van der Waals surface area (Å²) < 4.78 is 10.8. The summed E-state index contributed by atoms with van der Waals surface area (Å²) in [4.78, 5) is 30.4. The first-order valence-electron chi connectivity index (χ1n) is 12.0. The highest BCUT2D eigenvalue weighted by Gasteiger charge is 2.46. The molecule has 2 saturated heterocycles. The molecule has 1 atom stereocenters. The Hall–Kier alpha value is -3.16. The molecule has 7 nitrogen and oxygen atoms in total. The molecule has 2 aliphatic rings. The molecule has 1 amide bonds. The Morgan fingerprint density at radius 1 is 1.03 bits per heavy atom. The number of para-hydroxylation sites is 1. The van der Waals surface area contributed by atoms with Crippen molar-refractivity contribution < 1.29 is 24.2 Å². The van der Waals surface area contributed by atoms with Gasteiger partial charge in [0.1, 0.15) is 11.5 Å². The van der Waals surface area contributed by atoms with Crippen LogP contribution in [0.4, 0.5) is 0 Å². The fraction of sp³-hybridized carbons (Fsp3) is 0.429. The van der Waals surface area contributed by atoms with Gasteiger partial charge in [0.05, 0.1) is 37.5 Å². The van der Waals surface area contributed by atoms with Crippen LogP contribution in [-0.4, -0.2) is 73.1 Å². The molecule has 0 aliphatic carbocycles. The zero-order valence-electron chi connectivity index (χ0n) is 20.9. The fourth-order valence-electron chi connectivity index (χ4n) is 4.68. The first kappa shape index (κ1) is 24.9. The topological polar surface area (TPSA) is 79.3 Å². The molecule has 2 aromatic carbocycles. The van der Waals surface area contributed by atoms with Gasteiger partial charge < -0.3 is 19.5 Å². The molecule has 35 heavy (non-hydrogen) atoms. The number of aliphatic hydroxyl groups is 1. The van der Waals surface area contributed by atoms with Crippen LogP contribution in [0.3, 0.4) is 0 Å². The van der Waals surface area contributed by atoms with Gasteiger partial charge in [-0.25, -0.2) is 0 Å². The van der Waals surface area contributed by atoms with Crippen molar-refractivity contribution in [1.29, 1.82) is 0 Å². The van der Waals surface area contributed by atoms with Crippen molar-refractivity contribution in [3.05, 3.63) is 70.8 Å². The smallest absolute Gasteiger partial charge is 0.295 e. The number of benzene rings is 2. The molecule has 2 aromatic rings. The summed E-state index contributed by atoms with van der Waals surface area (Å²) in [6.45, 7) is 10.3. The maximum atomic E-state index is 13.3. The van der Waals surface area contributed by atoms with Gasteiger partial charge in [-0.1, -0.05) is 57.2 Å². The predicted molar refractivity (Wildman–Crippen MR) is 134 cm³/mol. The number of hydrogen-bond donors (Lipinski definition) is 1. The maximum Gasteiger partial charge on any atom is 0.295 e. The molecule has 7 heteroatoms. The molecule has 0 saturated carbocycles. The maximum absolute atomic E-state index is 13.3. The predicted octanol–water partition coefficient (Wildman–Crippen LogP) is 3.75. The zero-order valence-corrected chi connectivity index (χ0v) is 20.9. The molecule has 2 fully saturated rings. The molecule has 2 heterocycles. The molecular weight excluding hydrogens is 444 g/mol. The standard InChI is InChI=1S/C28H34N2O5/c1-28(2,3)20-11-9-19(10-12-20)24-23(25(31)21-7-5-6-8-22(21)34-4)26(32)27(33)30(24)14-13-29-15-17-35-18-16-29/h5-12,24,31H,13-18H2,1-4H3/b25-23+. The number of ether oxygens (including phenoxy) is 2. The van der Waals surface area contributed by atoms with E-state index in [1.165, 1.54) is 7.11 Å². The Morgan fingerprint density at radius 3 is 2.31 bits per heavy atom. The molecule has 4 rings (SSSR count). The number of Topliss-reactive ketones (excluding diaryl/α,β-unsaturated/α-hetero) is 1. The molecule has 0 spiro atoms. The number of likely N-dealkylation sites (tertiary alicyclic amines) is 1. The highest BCUT2D eigenvalue weighted by atomic mass is 16.5. The van der Waals surface area contributed by atoms with Crippen LogP contribution in [0, 0.1) is 0 Å². The van der Waals surface area contributed by atoms with Gasteiger partial charge in [-0.05, 0) is 28.7 Å². The summed E-state index contributed by atoms with van der Waals surface area (Å²) in [7, 11) is 1.51. The van der Waals surface area contributed by atoms with Crippen molar-refractivity contribution >= 4 is 17.4 Å². The van der Waals surface area contributed by atoms with E-state index in [1.807, 2.05) is 24.3 Å². The van der Waals surface area contributed by atoms with Crippen LogP contribution >= 0.6 is 0 Å². The Bertz CT molecular complexity index is 1110. The summed E-state index contributed by atoms with van der Waals surface area (Å²) in [5, 5.41) is 11.3. The van der Waals surface area contributed by atoms with Crippen molar-refractivity contribution in [2.75, 3.05) is 46.5 Å². The highest BCUT2D eigenvalue weighted by Crippen LogP contribution is 2.41. The van der Waals surface area contributed by atoms with Crippen LogP contribution in [0.1, 0.15) is 43.5 Å². The van der Waals surface area contributed by atoms with Crippen LogP contribution in [0.5, 0.6) is 5.75 Å². The largest absolute Gasteiger partial charge is 0.507 e. The lowest BCUT2D eigenvalue weighted by atomic mass is 9.85. The lowest BCUT2D eigenvalue weighted by Crippen LogP contribution is -2.42. The minimum atomic E-state index is -0.685. The van der Waals surface area contributed by atoms with E-state index in [1.54, 1.807) is 29.2 Å². The number of rotatable bonds is 6. The lowest BCUT2D eigenvalue weighted by molar-refractivity contribution is -0.140. The number of amides is 1. The first-order chi connectivity index (χ1) is 16.7. The van der Waals surface area contributed by atoms with Crippen LogP contribution < -0.4 is 4.74 Å². The van der Waals surface area contributed by atoms with Gasteiger partial charge in [0.25, 0.3) is 11.7 Å². The van der Waals surface area contributed by atoms with Crippen molar-refractivity contribution in [3.63, 3.8) is 0 Å². The molecule has 0 bridgehead atoms. The summed E-state index contributed by atoms with van der Waals surface area (Å²) in [5.41, 5.74) is 2.38. The van der Waals surface area contributed by atoms with E-state index in [2.05, 4.69) is 25.7 Å².